The molecule has 2 heteroatoms. The molecule has 2 N–H and O–H groups in total. The van der Waals surface area contributed by atoms with Gasteiger partial charge in [-0.2, -0.15) is 0 Å². The van der Waals surface area contributed by atoms with Crippen molar-refractivity contribution in [1.29, 1.82) is 0 Å². The fourth-order valence-electron chi connectivity index (χ4n) is 0. The van der Waals surface area contributed by atoms with E-state index in [-0.39, 0.29) is 18.9 Å². The first-order valence-electron chi connectivity index (χ1n) is 2.90. The van der Waals surface area contributed by atoms with Crippen LogP contribution in [0, 0.1) is 0 Å². The van der Waals surface area contributed by atoms with Gasteiger partial charge in [0.1, 0.15) is 0 Å². The van der Waals surface area contributed by atoms with E-state index >= 15 is 0 Å². The van der Waals surface area contributed by atoms with Crippen molar-refractivity contribution in [2.45, 2.75) is 40.2 Å². The van der Waals surface area contributed by atoms with Crippen molar-refractivity contribution in [3.63, 3.8) is 0 Å². The minimum atomic E-state index is 0. The van der Waals surface area contributed by atoms with Gasteiger partial charge in [-0.15, -0.1) is 0 Å². The molecule has 8 heavy (non-hydrogen) atoms. The quantitative estimate of drug-likeness (QED) is 0.466. The van der Waals surface area contributed by atoms with Crippen molar-refractivity contribution >= 4 is 18.9 Å². The first kappa shape index (κ1) is 15.8. The van der Waals surface area contributed by atoms with Crippen molar-refractivity contribution in [2.24, 2.45) is 5.73 Å². The Bertz CT molecular complexity index is 19.7. The van der Waals surface area contributed by atoms with Gasteiger partial charge < -0.3 is 5.73 Å². The molecule has 48 valence electrons. The van der Waals surface area contributed by atoms with Gasteiger partial charge in [0.2, 0.25) is 0 Å². The van der Waals surface area contributed by atoms with E-state index in [4.69, 9.17) is 5.73 Å². The molecule has 0 fully saturated rings. The van der Waals surface area contributed by atoms with E-state index in [9.17, 15) is 0 Å². The maximum atomic E-state index is 5.11. The second-order valence-corrected chi connectivity index (χ2v) is 1.95. The number of rotatable bonds is 0. The van der Waals surface area contributed by atoms with Gasteiger partial charge in [0.25, 0.3) is 0 Å². The molecule has 0 aliphatic rings. The van der Waals surface area contributed by atoms with Gasteiger partial charge in [-0.05, 0) is 6.04 Å². The van der Waals surface area contributed by atoms with Crippen LogP contribution >= 0.6 is 0 Å². The van der Waals surface area contributed by atoms with Gasteiger partial charge in [0.15, 0.2) is 0 Å². The Morgan fingerprint density at radius 1 is 1.25 bits per heavy atom. The van der Waals surface area contributed by atoms with E-state index in [1.165, 1.54) is 6.42 Å². The summed E-state index contributed by atoms with van der Waals surface area (Å²) in [6.07, 6.45) is 1.25. The third-order valence-electron chi connectivity index (χ3n) is 0. The number of hydrogen-bond acceptors (Lipinski definition) is 1. The van der Waals surface area contributed by atoms with Crippen molar-refractivity contribution in [3.05, 3.63) is 0 Å². The summed E-state index contributed by atoms with van der Waals surface area (Å²) < 4.78 is 0. The summed E-state index contributed by atoms with van der Waals surface area (Å²) in [7, 11) is 0. The maximum absolute atomic E-state index is 5.11. The summed E-state index contributed by atoms with van der Waals surface area (Å²) >= 11 is 0. The van der Waals surface area contributed by atoms with Gasteiger partial charge in [-0.3, -0.25) is 0 Å². The molecule has 0 bridgehead atoms. The molecule has 0 rings (SSSR count). The molecule has 0 aliphatic carbocycles. The standard InChI is InChI=1S/C3H9N.C3H8.Li.H/c1-3(2)4;1-3-2;;/h3H,4H2,1-2H3;3H2,1-2H3;;. The Labute approximate surface area is 65.2 Å². The molecule has 0 amide bonds. The van der Waals surface area contributed by atoms with Crippen LogP contribution in [0.1, 0.15) is 34.1 Å². The van der Waals surface area contributed by atoms with Crippen LogP contribution < -0.4 is 5.73 Å². The average Bonchev–Trinajstić information content (AvgIpc) is 1.33. The Kier molecular flexibility index (Phi) is 30.9. The molecular weight excluding hydrogens is 93.0 g/mol. The summed E-state index contributed by atoms with van der Waals surface area (Å²) in [6.45, 7) is 8.14. The molecule has 0 saturated carbocycles. The zero-order valence-electron chi connectivity index (χ0n) is 5.86. The number of nitrogens with two attached hydrogens (primary N) is 1. The van der Waals surface area contributed by atoms with Crippen LogP contribution in [0.3, 0.4) is 0 Å². The van der Waals surface area contributed by atoms with E-state index in [0.29, 0.717) is 6.04 Å². The first-order chi connectivity index (χ1) is 3.15. The first-order valence-corrected chi connectivity index (χ1v) is 2.90. The van der Waals surface area contributed by atoms with Crippen LogP contribution in [-0.4, -0.2) is 24.9 Å². The van der Waals surface area contributed by atoms with E-state index in [1.54, 1.807) is 0 Å². The predicted molar refractivity (Wildman–Crippen MR) is 42.4 cm³/mol. The molecule has 0 radical (unpaired) electrons. The average molecular weight is 111 g/mol. The molecule has 0 saturated heterocycles. The zero-order valence-corrected chi connectivity index (χ0v) is 5.86. The molecule has 0 heterocycles. The molecule has 0 aromatic heterocycles. The number of hydrogen-bond donors (Lipinski definition) is 1. The summed E-state index contributed by atoms with van der Waals surface area (Å²) in [5.41, 5.74) is 5.11. The molecule has 0 aromatic carbocycles. The summed E-state index contributed by atoms with van der Waals surface area (Å²) in [6, 6.07) is 0.333. The van der Waals surface area contributed by atoms with Crippen LogP contribution in [0.25, 0.3) is 0 Å². The van der Waals surface area contributed by atoms with E-state index in [2.05, 4.69) is 13.8 Å². The SMILES string of the molecule is CC(C)N.CCC.[LiH]. The topological polar surface area (TPSA) is 26.0 Å². The zero-order chi connectivity index (χ0) is 6.28. The summed E-state index contributed by atoms with van der Waals surface area (Å²) in [5, 5.41) is 0. The van der Waals surface area contributed by atoms with Gasteiger partial charge in [0.05, 0.1) is 0 Å². The van der Waals surface area contributed by atoms with Crippen molar-refractivity contribution in [1.82, 2.24) is 0 Å². The third-order valence-corrected chi connectivity index (χ3v) is 0. The fraction of sp³-hybridized carbons (Fsp3) is 1.00. The van der Waals surface area contributed by atoms with E-state index in [0.717, 1.165) is 0 Å². The molecular formula is C6H18LiN. The fourth-order valence-corrected chi connectivity index (χ4v) is 0. The van der Waals surface area contributed by atoms with Gasteiger partial charge in [-0.1, -0.05) is 34.1 Å². The Morgan fingerprint density at radius 2 is 1.25 bits per heavy atom. The second-order valence-electron chi connectivity index (χ2n) is 1.95. The van der Waals surface area contributed by atoms with Crippen LogP contribution in [0.15, 0.2) is 0 Å². The molecule has 0 aliphatic heterocycles. The van der Waals surface area contributed by atoms with Gasteiger partial charge in [-0.25, -0.2) is 0 Å². The van der Waals surface area contributed by atoms with Crippen molar-refractivity contribution < 1.29 is 0 Å². The molecule has 0 atom stereocenters. The Balaban J connectivity index is -0.0000000575. The molecule has 1 nitrogen and oxygen atoms in total. The van der Waals surface area contributed by atoms with E-state index in [1.807, 2.05) is 13.8 Å². The summed E-state index contributed by atoms with van der Waals surface area (Å²) in [4.78, 5) is 0. The van der Waals surface area contributed by atoms with Crippen LogP contribution in [0.5, 0.6) is 0 Å². The normalized spacial score (nSPS) is 6.75. The minimum absolute atomic E-state index is 0. The summed E-state index contributed by atoms with van der Waals surface area (Å²) in [5.74, 6) is 0. The molecule has 0 spiro atoms. The van der Waals surface area contributed by atoms with Crippen LogP contribution in [-0.2, 0) is 0 Å². The predicted octanol–water partition coefficient (Wildman–Crippen LogP) is 1.12. The molecule has 0 aromatic rings. The second kappa shape index (κ2) is 15.6. The Morgan fingerprint density at radius 3 is 1.25 bits per heavy atom. The van der Waals surface area contributed by atoms with Gasteiger partial charge >= 0.3 is 18.9 Å². The van der Waals surface area contributed by atoms with Crippen molar-refractivity contribution in [3.8, 4) is 0 Å². The third kappa shape index (κ3) is 652. The van der Waals surface area contributed by atoms with Crippen LogP contribution in [0.4, 0.5) is 0 Å². The van der Waals surface area contributed by atoms with E-state index < -0.39 is 0 Å². The van der Waals surface area contributed by atoms with Gasteiger partial charge in [0, 0.05) is 0 Å². The van der Waals surface area contributed by atoms with Crippen LogP contribution in [0.2, 0.25) is 0 Å². The monoisotopic (exact) mass is 111 g/mol. The molecule has 0 unspecified atom stereocenters. The Hall–Kier alpha value is 0.557. The van der Waals surface area contributed by atoms with Crippen molar-refractivity contribution in [2.75, 3.05) is 0 Å².